The lowest BCUT2D eigenvalue weighted by Crippen LogP contribution is -2.46. The molecule has 1 saturated heterocycles. The summed E-state index contributed by atoms with van der Waals surface area (Å²) in [5.74, 6) is -0.684. The molecule has 150 valence electrons. The second-order valence-electron chi connectivity index (χ2n) is 7.86. The van der Waals surface area contributed by atoms with Gasteiger partial charge in [-0.1, -0.05) is 0 Å². The van der Waals surface area contributed by atoms with Crippen LogP contribution in [0.4, 0.5) is 8.78 Å². The van der Waals surface area contributed by atoms with Crippen LogP contribution in [0.5, 0.6) is 0 Å². The normalized spacial score (nSPS) is 26.5. The van der Waals surface area contributed by atoms with E-state index in [0.29, 0.717) is 12.1 Å². The quantitative estimate of drug-likeness (QED) is 0.684. The molecule has 4 heterocycles. The van der Waals surface area contributed by atoms with Crippen LogP contribution in [0.3, 0.4) is 0 Å². The number of piperidine rings is 1. The lowest BCUT2D eigenvalue weighted by atomic mass is 9.91. The number of rotatable bonds is 3. The van der Waals surface area contributed by atoms with Crippen LogP contribution < -0.4 is 0 Å². The maximum absolute atomic E-state index is 15.8. The zero-order valence-corrected chi connectivity index (χ0v) is 16.5. The number of halogens is 2. The van der Waals surface area contributed by atoms with Gasteiger partial charge in [0.1, 0.15) is 11.5 Å². The number of pyridine rings is 1. The van der Waals surface area contributed by atoms with Gasteiger partial charge < -0.3 is 4.90 Å². The molecule has 3 aromatic heterocycles. The van der Waals surface area contributed by atoms with Crippen molar-refractivity contribution in [2.24, 2.45) is 5.92 Å². The second-order valence-corrected chi connectivity index (χ2v) is 8.77. The van der Waals surface area contributed by atoms with E-state index in [1.807, 2.05) is 11.4 Å². The maximum Gasteiger partial charge on any atom is 0.254 e. The summed E-state index contributed by atoms with van der Waals surface area (Å²) in [6, 6.07) is 4.34. The van der Waals surface area contributed by atoms with Crippen molar-refractivity contribution in [1.82, 2.24) is 20.1 Å². The largest absolute Gasteiger partial charge is 0.335 e. The fraction of sp³-hybridized carbons (Fsp3) is 0.381. The number of hydrogen-bond acceptors (Lipinski definition) is 4. The molecule has 2 aliphatic rings. The Hall–Kier alpha value is -2.61. The minimum Gasteiger partial charge on any atom is -0.335 e. The first-order chi connectivity index (χ1) is 14.0. The van der Waals surface area contributed by atoms with Gasteiger partial charge in [0.25, 0.3) is 5.91 Å². The van der Waals surface area contributed by atoms with Gasteiger partial charge in [0, 0.05) is 47.2 Å². The van der Waals surface area contributed by atoms with Crippen LogP contribution in [0.2, 0.25) is 0 Å². The van der Waals surface area contributed by atoms with Gasteiger partial charge in [-0.25, -0.2) is 8.78 Å². The van der Waals surface area contributed by atoms with Crippen LogP contribution in [0, 0.1) is 11.7 Å². The third-order valence-corrected chi connectivity index (χ3v) is 7.09. The van der Waals surface area contributed by atoms with E-state index in [2.05, 4.69) is 15.2 Å². The second kappa shape index (κ2) is 7.02. The van der Waals surface area contributed by atoms with E-state index in [0.717, 1.165) is 23.3 Å². The van der Waals surface area contributed by atoms with Crippen LogP contribution in [-0.4, -0.2) is 38.6 Å². The van der Waals surface area contributed by atoms with Crippen LogP contribution in [0.15, 0.2) is 42.2 Å². The van der Waals surface area contributed by atoms with Crippen molar-refractivity contribution in [3.05, 3.63) is 59.2 Å². The van der Waals surface area contributed by atoms with E-state index in [4.69, 9.17) is 0 Å². The summed E-state index contributed by atoms with van der Waals surface area (Å²) in [4.78, 5) is 20.0. The molecule has 5 nitrogen and oxygen atoms in total. The standard InChI is InChI=1S/C21H20F2N4OS/c22-16-4-1-5-24-19(16)21(23)8-13-3-2-6-27(17(13)9-21)20(28)14-7-18(29-12-14)15-10-25-26-11-15/h1,4-5,7,10-13,17H,2-3,6,8-9H2,(H,25,26). The first-order valence-corrected chi connectivity index (χ1v) is 10.6. The number of thiophene rings is 1. The number of carbonyl (C=O) groups excluding carboxylic acids is 1. The summed E-state index contributed by atoms with van der Waals surface area (Å²) in [5.41, 5.74) is -0.424. The molecule has 0 radical (unpaired) electrons. The molecular formula is C21H20F2N4OS. The van der Waals surface area contributed by atoms with E-state index in [9.17, 15) is 9.18 Å². The topological polar surface area (TPSA) is 61.9 Å². The molecule has 3 atom stereocenters. The highest BCUT2D eigenvalue weighted by Gasteiger charge is 2.52. The van der Waals surface area contributed by atoms with Crippen LogP contribution in [0.1, 0.15) is 41.7 Å². The number of aromatic nitrogens is 3. The van der Waals surface area contributed by atoms with Crippen molar-refractivity contribution < 1.29 is 13.6 Å². The van der Waals surface area contributed by atoms with Gasteiger partial charge in [0.05, 0.1) is 11.8 Å². The van der Waals surface area contributed by atoms with Crippen LogP contribution in [-0.2, 0) is 5.67 Å². The van der Waals surface area contributed by atoms with Crippen molar-refractivity contribution in [3.63, 3.8) is 0 Å². The number of H-pyrrole nitrogens is 1. The minimum absolute atomic E-state index is 0.0195. The molecule has 1 amide bonds. The molecule has 29 heavy (non-hydrogen) atoms. The van der Waals surface area contributed by atoms with Crippen molar-refractivity contribution in [3.8, 4) is 10.4 Å². The monoisotopic (exact) mass is 414 g/mol. The smallest absolute Gasteiger partial charge is 0.254 e. The minimum atomic E-state index is -1.83. The van der Waals surface area contributed by atoms with Gasteiger partial charge in [0.15, 0.2) is 5.67 Å². The Morgan fingerprint density at radius 1 is 1.38 bits per heavy atom. The maximum atomic E-state index is 15.8. The van der Waals surface area contributed by atoms with Crippen molar-refractivity contribution in [2.75, 3.05) is 6.54 Å². The molecule has 1 aliphatic heterocycles. The molecule has 0 spiro atoms. The Balaban J connectivity index is 1.40. The van der Waals surface area contributed by atoms with Crippen LogP contribution >= 0.6 is 11.3 Å². The summed E-state index contributed by atoms with van der Waals surface area (Å²) in [7, 11) is 0. The zero-order valence-electron chi connectivity index (χ0n) is 15.6. The van der Waals surface area contributed by atoms with Crippen molar-refractivity contribution in [1.29, 1.82) is 0 Å². The van der Waals surface area contributed by atoms with Crippen LogP contribution in [0.25, 0.3) is 10.4 Å². The van der Waals surface area contributed by atoms with Gasteiger partial charge in [-0.3, -0.25) is 14.9 Å². The highest BCUT2D eigenvalue weighted by Crippen LogP contribution is 2.50. The lowest BCUT2D eigenvalue weighted by Gasteiger charge is -2.37. The summed E-state index contributed by atoms with van der Waals surface area (Å²) in [6.45, 7) is 0.595. The predicted molar refractivity (Wildman–Crippen MR) is 106 cm³/mol. The van der Waals surface area contributed by atoms with Gasteiger partial charge in [-0.05, 0) is 43.4 Å². The Morgan fingerprint density at radius 3 is 3.07 bits per heavy atom. The molecule has 1 N–H and O–H groups in total. The average Bonchev–Trinajstić information content (AvgIpc) is 3.46. The molecule has 5 rings (SSSR count). The first-order valence-electron chi connectivity index (χ1n) is 9.74. The van der Waals surface area contributed by atoms with E-state index >= 15 is 4.39 Å². The Kier molecular flexibility index (Phi) is 4.46. The number of nitrogens with zero attached hydrogens (tertiary/aromatic N) is 3. The number of fused-ring (bicyclic) bond motifs is 1. The summed E-state index contributed by atoms with van der Waals surface area (Å²) >= 11 is 1.48. The van der Waals surface area contributed by atoms with Gasteiger partial charge in [-0.2, -0.15) is 5.10 Å². The lowest BCUT2D eigenvalue weighted by molar-refractivity contribution is 0.0538. The van der Waals surface area contributed by atoms with Gasteiger partial charge in [-0.15, -0.1) is 11.3 Å². The molecular weight excluding hydrogens is 394 g/mol. The third kappa shape index (κ3) is 3.15. The van der Waals surface area contributed by atoms with E-state index in [-0.39, 0.29) is 36.4 Å². The molecule has 1 aliphatic carbocycles. The van der Waals surface area contributed by atoms with Crippen molar-refractivity contribution in [2.45, 2.75) is 37.4 Å². The number of hydrogen-bond donors (Lipinski definition) is 1. The highest BCUT2D eigenvalue weighted by molar-refractivity contribution is 7.13. The number of carbonyl (C=O) groups is 1. The fourth-order valence-electron chi connectivity index (χ4n) is 4.79. The molecule has 8 heteroatoms. The number of likely N-dealkylation sites (tertiary alicyclic amines) is 1. The van der Waals surface area contributed by atoms with E-state index < -0.39 is 11.5 Å². The van der Waals surface area contributed by atoms with E-state index in [1.165, 1.54) is 29.7 Å². The molecule has 2 fully saturated rings. The number of amides is 1. The summed E-state index contributed by atoms with van der Waals surface area (Å²) < 4.78 is 30.0. The number of nitrogens with one attached hydrogen (secondary N) is 1. The SMILES string of the molecule is O=C(c1csc(-c2cn[nH]c2)c1)N1CCCC2CC(F)(c3ncccc3F)CC21. The molecule has 0 bridgehead atoms. The summed E-state index contributed by atoms with van der Waals surface area (Å²) in [5, 5.41) is 8.56. The van der Waals surface area contributed by atoms with Gasteiger partial charge >= 0.3 is 0 Å². The Morgan fingerprint density at radius 2 is 2.28 bits per heavy atom. The van der Waals surface area contributed by atoms with E-state index in [1.54, 1.807) is 17.3 Å². The molecule has 0 aromatic carbocycles. The molecule has 3 unspecified atom stereocenters. The van der Waals surface area contributed by atoms with Gasteiger partial charge in [0.2, 0.25) is 0 Å². The number of aromatic amines is 1. The highest BCUT2D eigenvalue weighted by atomic mass is 32.1. The number of alkyl halides is 1. The molecule has 1 saturated carbocycles. The predicted octanol–water partition coefficient (Wildman–Crippen LogP) is 4.55. The van der Waals surface area contributed by atoms with Crippen molar-refractivity contribution >= 4 is 17.2 Å². The zero-order chi connectivity index (χ0) is 20.0. The Labute approximate surface area is 170 Å². The summed E-state index contributed by atoms with van der Waals surface area (Å²) in [6.07, 6.45) is 6.90. The fourth-order valence-corrected chi connectivity index (χ4v) is 5.66. The first kappa shape index (κ1) is 18.4. The molecule has 3 aromatic rings. The third-order valence-electron chi connectivity index (χ3n) is 6.11. The Bertz CT molecular complexity index is 1040. The average molecular weight is 414 g/mol.